The highest BCUT2D eigenvalue weighted by atomic mass is 15.0. The van der Waals surface area contributed by atoms with Gasteiger partial charge in [-0.25, -0.2) is 0 Å². The Morgan fingerprint density at radius 3 is 2.94 bits per heavy atom. The zero-order valence-electron chi connectivity index (χ0n) is 9.56. The van der Waals surface area contributed by atoms with E-state index in [0.29, 0.717) is 0 Å². The normalized spacial score (nSPS) is 10.6. The van der Waals surface area contributed by atoms with Crippen molar-refractivity contribution in [1.29, 1.82) is 0 Å². The fourth-order valence-electron chi connectivity index (χ4n) is 1.76. The molecule has 0 amide bonds. The first-order valence-corrected chi connectivity index (χ1v) is 5.64. The Morgan fingerprint density at radius 2 is 2.19 bits per heavy atom. The Hall–Kier alpha value is -1.61. The molecule has 0 spiro atoms. The van der Waals surface area contributed by atoms with Gasteiger partial charge in [0.25, 0.3) is 0 Å². The second kappa shape index (κ2) is 5.47. The summed E-state index contributed by atoms with van der Waals surface area (Å²) in [5, 5.41) is 3.42. The lowest BCUT2D eigenvalue weighted by atomic mass is 10.3. The summed E-state index contributed by atoms with van der Waals surface area (Å²) in [7, 11) is 0. The van der Waals surface area contributed by atoms with Gasteiger partial charge in [-0.3, -0.25) is 4.98 Å². The first kappa shape index (κ1) is 10.9. The number of pyridine rings is 1. The summed E-state index contributed by atoms with van der Waals surface area (Å²) in [4.78, 5) is 4.09. The van der Waals surface area contributed by atoms with Gasteiger partial charge in [0.2, 0.25) is 0 Å². The van der Waals surface area contributed by atoms with Crippen molar-refractivity contribution in [3.63, 3.8) is 0 Å². The van der Waals surface area contributed by atoms with Gasteiger partial charge in [0.1, 0.15) is 0 Å². The number of aryl methyl sites for hydroxylation is 1. The van der Waals surface area contributed by atoms with Crippen LogP contribution in [0.4, 0.5) is 0 Å². The summed E-state index contributed by atoms with van der Waals surface area (Å²) in [6.07, 6.45) is 5.80. The average molecular weight is 215 g/mol. The highest BCUT2D eigenvalue weighted by Gasteiger charge is 1.98. The van der Waals surface area contributed by atoms with Crippen molar-refractivity contribution in [3.05, 3.63) is 54.1 Å². The van der Waals surface area contributed by atoms with Crippen molar-refractivity contribution < 1.29 is 0 Å². The van der Waals surface area contributed by atoms with Gasteiger partial charge in [0.05, 0.1) is 0 Å². The second-order valence-electron chi connectivity index (χ2n) is 3.75. The van der Waals surface area contributed by atoms with E-state index < -0.39 is 0 Å². The lowest BCUT2D eigenvalue weighted by Gasteiger charge is -2.07. The predicted octanol–water partition coefficient (Wildman–Crippen LogP) is 2.19. The lowest BCUT2D eigenvalue weighted by Crippen LogP contribution is -2.15. The molecule has 3 nitrogen and oxygen atoms in total. The van der Waals surface area contributed by atoms with Gasteiger partial charge < -0.3 is 9.88 Å². The summed E-state index contributed by atoms with van der Waals surface area (Å²) in [5.74, 6) is 0. The zero-order valence-corrected chi connectivity index (χ0v) is 9.56. The van der Waals surface area contributed by atoms with Crippen LogP contribution in [0, 0.1) is 0 Å². The van der Waals surface area contributed by atoms with Crippen LogP contribution in [0.1, 0.15) is 18.2 Å². The molecule has 3 heteroatoms. The molecule has 16 heavy (non-hydrogen) atoms. The van der Waals surface area contributed by atoms with Crippen LogP contribution in [0.5, 0.6) is 0 Å². The molecule has 1 N–H and O–H groups in total. The van der Waals surface area contributed by atoms with Gasteiger partial charge in [0, 0.05) is 43.9 Å². The summed E-state index contributed by atoms with van der Waals surface area (Å²) < 4.78 is 2.25. The molecular formula is C13H17N3. The molecular weight excluding hydrogens is 198 g/mol. The van der Waals surface area contributed by atoms with E-state index in [-0.39, 0.29) is 0 Å². The highest BCUT2D eigenvalue weighted by Crippen LogP contribution is 2.02. The fraction of sp³-hybridized carbons (Fsp3) is 0.308. The van der Waals surface area contributed by atoms with E-state index in [9.17, 15) is 0 Å². The molecule has 84 valence electrons. The Balaban J connectivity index is 1.85. The molecule has 2 aromatic heterocycles. The molecule has 0 aliphatic carbocycles. The third-order valence-electron chi connectivity index (χ3n) is 2.62. The van der Waals surface area contributed by atoms with Crippen LogP contribution in [0.2, 0.25) is 0 Å². The molecule has 0 fully saturated rings. The van der Waals surface area contributed by atoms with Crippen LogP contribution < -0.4 is 5.32 Å². The van der Waals surface area contributed by atoms with Crippen molar-refractivity contribution in [3.8, 4) is 0 Å². The Morgan fingerprint density at radius 1 is 1.25 bits per heavy atom. The standard InChI is InChI=1S/C13H17N3/c1-2-16-8-4-6-13(16)11-15-10-12-5-3-7-14-9-12/h3-9,15H,2,10-11H2,1H3. The van der Waals surface area contributed by atoms with Crippen molar-refractivity contribution in [2.75, 3.05) is 0 Å². The minimum atomic E-state index is 0.864. The van der Waals surface area contributed by atoms with Crippen molar-refractivity contribution in [2.24, 2.45) is 0 Å². The maximum atomic E-state index is 4.09. The highest BCUT2D eigenvalue weighted by molar-refractivity contribution is 5.10. The molecule has 0 saturated carbocycles. The van der Waals surface area contributed by atoms with Crippen molar-refractivity contribution >= 4 is 0 Å². The molecule has 0 bridgehead atoms. The summed E-state index contributed by atoms with van der Waals surface area (Å²) in [5.41, 5.74) is 2.54. The Labute approximate surface area is 96.1 Å². The van der Waals surface area contributed by atoms with Gasteiger partial charge in [-0.15, -0.1) is 0 Å². The number of nitrogens with zero attached hydrogens (tertiary/aromatic N) is 2. The van der Waals surface area contributed by atoms with Crippen LogP contribution in [-0.4, -0.2) is 9.55 Å². The van der Waals surface area contributed by atoms with Gasteiger partial charge in [-0.1, -0.05) is 6.07 Å². The molecule has 0 unspecified atom stereocenters. The van der Waals surface area contributed by atoms with E-state index in [2.05, 4.69) is 46.2 Å². The minimum Gasteiger partial charge on any atom is -0.351 e. The smallest absolute Gasteiger partial charge is 0.0362 e. The predicted molar refractivity (Wildman–Crippen MR) is 64.9 cm³/mol. The van der Waals surface area contributed by atoms with Crippen LogP contribution >= 0.6 is 0 Å². The zero-order chi connectivity index (χ0) is 11.2. The number of hydrogen-bond acceptors (Lipinski definition) is 2. The van der Waals surface area contributed by atoms with E-state index >= 15 is 0 Å². The Bertz CT molecular complexity index is 420. The molecule has 0 saturated heterocycles. The molecule has 0 atom stereocenters. The van der Waals surface area contributed by atoms with Crippen LogP contribution in [0.3, 0.4) is 0 Å². The number of rotatable bonds is 5. The molecule has 0 radical (unpaired) electrons. The fourth-order valence-corrected chi connectivity index (χ4v) is 1.76. The summed E-state index contributed by atoms with van der Waals surface area (Å²) in [6, 6.07) is 8.29. The molecule has 2 aromatic rings. The van der Waals surface area contributed by atoms with E-state index in [1.54, 1.807) is 6.20 Å². The largest absolute Gasteiger partial charge is 0.351 e. The van der Waals surface area contributed by atoms with E-state index in [1.165, 1.54) is 11.3 Å². The maximum Gasteiger partial charge on any atom is 0.0362 e. The van der Waals surface area contributed by atoms with E-state index in [1.807, 2.05) is 12.3 Å². The summed E-state index contributed by atoms with van der Waals surface area (Å²) in [6.45, 7) is 4.94. The molecule has 0 aliphatic rings. The quantitative estimate of drug-likeness (QED) is 0.828. The molecule has 0 aliphatic heterocycles. The van der Waals surface area contributed by atoms with E-state index in [0.717, 1.165) is 19.6 Å². The van der Waals surface area contributed by atoms with Crippen molar-refractivity contribution in [2.45, 2.75) is 26.6 Å². The van der Waals surface area contributed by atoms with Gasteiger partial charge in [-0.2, -0.15) is 0 Å². The first-order chi connectivity index (χ1) is 7.90. The second-order valence-corrected chi connectivity index (χ2v) is 3.75. The monoisotopic (exact) mass is 215 g/mol. The lowest BCUT2D eigenvalue weighted by molar-refractivity contribution is 0.628. The molecule has 0 aromatic carbocycles. The summed E-state index contributed by atoms with van der Waals surface area (Å²) >= 11 is 0. The SMILES string of the molecule is CCn1cccc1CNCc1cccnc1. The Kier molecular flexibility index (Phi) is 3.72. The number of nitrogens with one attached hydrogen (secondary N) is 1. The third-order valence-corrected chi connectivity index (χ3v) is 2.62. The first-order valence-electron chi connectivity index (χ1n) is 5.64. The van der Waals surface area contributed by atoms with Crippen LogP contribution in [0.15, 0.2) is 42.9 Å². The van der Waals surface area contributed by atoms with Gasteiger partial charge in [-0.05, 0) is 30.7 Å². The van der Waals surface area contributed by atoms with Crippen LogP contribution in [0.25, 0.3) is 0 Å². The number of hydrogen-bond donors (Lipinski definition) is 1. The van der Waals surface area contributed by atoms with Crippen molar-refractivity contribution in [1.82, 2.24) is 14.9 Å². The van der Waals surface area contributed by atoms with Gasteiger partial charge >= 0.3 is 0 Å². The maximum absolute atomic E-state index is 4.09. The topological polar surface area (TPSA) is 29.9 Å². The molecule has 2 rings (SSSR count). The van der Waals surface area contributed by atoms with E-state index in [4.69, 9.17) is 0 Å². The molecule has 2 heterocycles. The van der Waals surface area contributed by atoms with Crippen LogP contribution in [-0.2, 0) is 19.6 Å². The number of aromatic nitrogens is 2. The van der Waals surface area contributed by atoms with Gasteiger partial charge in [0.15, 0.2) is 0 Å². The minimum absolute atomic E-state index is 0.864. The average Bonchev–Trinajstić information content (AvgIpc) is 2.78. The third kappa shape index (κ3) is 2.70.